The Balaban J connectivity index is 2.28. The molecular weight excluding hydrogens is 331 g/mol. The highest BCUT2D eigenvalue weighted by molar-refractivity contribution is 9.10. The van der Waals surface area contributed by atoms with Gasteiger partial charge in [0.15, 0.2) is 0 Å². The van der Waals surface area contributed by atoms with Gasteiger partial charge in [0.05, 0.1) is 0 Å². The molecule has 20 heavy (non-hydrogen) atoms. The molecule has 2 N–H and O–H groups in total. The molecule has 0 aliphatic rings. The zero-order chi connectivity index (χ0) is 14.9. The van der Waals surface area contributed by atoms with Crippen LogP contribution in [0, 0.1) is 24.4 Å². The highest BCUT2D eigenvalue weighted by Crippen LogP contribution is 2.26. The molecule has 0 bridgehead atoms. The van der Waals surface area contributed by atoms with Crippen LogP contribution in [-0.2, 0) is 6.42 Å². The largest absolute Gasteiger partial charge is 0.324 e. The van der Waals surface area contributed by atoms with Crippen molar-refractivity contribution in [2.24, 2.45) is 5.73 Å². The van der Waals surface area contributed by atoms with Crippen LogP contribution in [0.3, 0.4) is 0 Å². The third kappa shape index (κ3) is 3.22. The van der Waals surface area contributed by atoms with Crippen molar-refractivity contribution in [1.82, 2.24) is 0 Å². The van der Waals surface area contributed by atoms with Crippen LogP contribution in [0.25, 0.3) is 0 Å². The van der Waals surface area contributed by atoms with Gasteiger partial charge in [0.25, 0.3) is 0 Å². The molecule has 0 heterocycles. The summed E-state index contributed by atoms with van der Waals surface area (Å²) in [5, 5.41) is 0. The van der Waals surface area contributed by atoms with Gasteiger partial charge in [0, 0.05) is 22.1 Å². The van der Waals surface area contributed by atoms with E-state index in [1.807, 2.05) is 0 Å². The molecule has 0 spiro atoms. The monoisotopic (exact) mass is 343 g/mol. The maximum atomic E-state index is 13.8. The van der Waals surface area contributed by atoms with Gasteiger partial charge in [-0.3, -0.25) is 0 Å². The molecule has 0 aromatic heterocycles. The maximum absolute atomic E-state index is 13.8. The Morgan fingerprint density at radius 3 is 2.45 bits per heavy atom. The number of halogens is 4. The first-order valence-corrected chi connectivity index (χ1v) is 6.83. The second-order valence-electron chi connectivity index (χ2n) is 4.67. The van der Waals surface area contributed by atoms with Crippen LogP contribution in [0.5, 0.6) is 0 Å². The summed E-state index contributed by atoms with van der Waals surface area (Å²) in [4.78, 5) is 0. The molecule has 0 aliphatic carbocycles. The van der Waals surface area contributed by atoms with Crippen LogP contribution in [0.2, 0.25) is 0 Å². The van der Waals surface area contributed by atoms with Crippen LogP contribution in [0.1, 0.15) is 22.7 Å². The summed E-state index contributed by atoms with van der Waals surface area (Å²) >= 11 is 3.24. The van der Waals surface area contributed by atoms with E-state index in [1.54, 1.807) is 13.0 Å². The van der Waals surface area contributed by atoms with Gasteiger partial charge in [-0.25, -0.2) is 13.2 Å². The van der Waals surface area contributed by atoms with E-state index in [9.17, 15) is 13.2 Å². The normalized spacial score (nSPS) is 12.5. The summed E-state index contributed by atoms with van der Waals surface area (Å²) in [6, 6.07) is 5.86. The lowest BCUT2D eigenvalue weighted by atomic mass is 9.97. The molecule has 2 rings (SSSR count). The molecule has 0 amide bonds. The lowest BCUT2D eigenvalue weighted by Crippen LogP contribution is -2.16. The van der Waals surface area contributed by atoms with Crippen molar-refractivity contribution in [3.05, 3.63) is 68.9 Å². The van der Waals surface area contributed by atoms with E-state index < -0.39 is 17.7 Å². The Morgan fingerprint density at radius 1 is 1.10 bits per heavy atom. The minimum Gasteiger partial charge on any atom is -0.324 e. The fourth-order valence-corrected chi connectivity index (χ4v) is 2.51. The van der Waals surface area contributed by atoms with Crippen molar-refractivity contribution in [3.8, 4) is 0 Å². The van der Waals surface area contributed by atoms with E-state index in [0.29, 0.717) is 16.5 Å². The van der Waals surface area contributed by atoms with Gasteiger partial charge >= 0.3 is 0 Å². The average Bonchev–Trinajstić information content (AvgIpc) is 2.37. The third-order valence-electron chi connectivity index (χ3n) is 3.13. The minimum absolute atomic E-state index is 0.250. The fourth-order valence-electron chi connectivity index (χ4n) is 2.00. The number of hydrogen-bond donors (Lipinski definition) is 1. The fraction of sp³-hybridized carbons (Fsp3) is 0.200. The predicted octanol–water partition coefficient (Wildman–Crippen LogP) is 4.42. The molecule has 0 saturated carbocycles. The Hall–Kier alpha value is -1.33. The summed E-state index contributed by atoms with van der Waals surface area (Å²) in [5.41, 5.74) is 7.33. The van der Waals surface area contributed by atoms with Crippen LogP contribution in [0.15, 0.2) is 34.8 Å². The number of benzene rings is 2. The molecule has 106 valence electrons. The van der Waals surface area contributed by atoms with Crippen molar-refractivity contribution in [1.29, 1.82) is 0 Å². The Morgan fingerprint density at radius 2 is 1.80 bits per heavy atom. The van der Waals surface area contributed by atoms with E-state index in [4.69, 9.17) is 5.73 Å². The van der Waals surface area contributed by atoms with Gasteiger partial charge in [-0.15, -0.1) is 0 Å². The second-order valence-corrected chi connectivity index (χ2v) is 5.52. The molecule has 1 nitrogen and oxygen atoms in total. The van der Waals surface area contributed by atoms with Crippen molar-refractivity contribution in [3.63, 3.8) is 0 Å². The Kier molecular flexibility index (Phi) is 4.50. The SMILES string of the molecule is Cc1cc(C(N)Cc2ccc(F)cc2Br)c(F)cc1F. The lowest BCUT2D eigenvalue weighted by molar-refractivity contribution is 0.549. The van der Waals surface area contributed by atoms with E-state index in [2.05, 4.69) is 15.9 Å². The minimum atomic E-state index is -0.668. The molecule has 2 aromatic carbocycles. The van der Waals surface area contributed by atoms with Crippen molar-refractivity contribution >= 4 is 15.9 Å². The highest BCUT2D eigenvalue weighted by Gasteiger charge is 2.16. The van der Waals surface area contributed by atoms with Crippen LogP contribution in [-0.4, -0.2) is 0 Å². The number of rotatable bonds is 3. The van der Waals surface area contributed by atoms with Crippen molar-refractivity contribution in [2.45, 2.75) is 19.4 Å². The van der Waals surface area contributed by atoms with Crippen molar-refractivity contribution < 1.29 is 13.2 Å². The summed E-state index contributed by atoms with van der Waals surface area (Å²) in [6.07, 6.45) is 0.322. The standard InChI is InChI=1S/C15H13BrF3N/c1-8-4-11(14(19)7-13(8)18)15(20)5-9-2-3-10(17)6-12(9)16/h2-4,6-7,15H,5,20H2,1H3. The van der Waals surface area contributed by atoms with Gasteiger partial charge in [0.2, 0.25) is 0 Å². The van der Waals surface area contributed by atoms with E-state index in [0.717, 1.165) is 11.6 Å². The summed E-state index contributed by atoms with van der Waals surface area (Å²) in [6.45, 7) is 1.55. The molecular formula is C15H13BrF3N. The zero-order valence-electron chi connectivity index (χ0n) is 10.8. The topological polar surface area (TPSA) is 26.0 Å². The lowest BCUT2D eigenvalue weighted by Gasteiger charge is -2.15. The first-order valence-electron chi connectivity index (χ1n) is 6.03. The van der Waals surface area contributed by atoms with Gasteiger partial charge < -0.3 is 5.73 Å². The van der Waals surface area contributed by atoms with Gasteiger partial charge in [-0.2, -0.15) is 0 Å². The van der Waals surface area contributed by atoms with E-state index in [-0.39, 0.29) is 11.4 Å². The average molecular weight is 344 g/mol. The molecule has 0 aliphatic heterocycles. The van der Waals surface area contributed by atoms with Crippen LogP contribution >= 0.6 is 15.9 Å². The number of hydrogen-bond acceptors (Lipinski definition) is 1. The zero-order valence-corrected chi connectivity index (χ0v) is 12.3. The van der Waals surface area contributed by atoms with Crippen molar-refractivity contribution in [2.75, 3.05) is 0 Å². The summed E-state index contributed by atoms with van der Waals surface area (Å²) < 4.78 is 40.6. The molecule has 0 saturated heterocycles. The molecule has 5 heteroatoms. The van der Waals surface area contributed by atoms with Crippen LogP contribution in [0.4, 0.5) is 13.2 Å². The molecule has 2 aromatic rings. The van der Waals surface area contributed by atoms with Gasteiger partial charge in [0.1, 0.15) is 17.5 Å². The maximum Gasteiger partial charge on any atom is 0.130 e. The van der Waals surface area contributed by atoms with Gasteiger partial charge in [-0.05, 0) is 42.7 Å². The number of aryl methyl sites for hydroxylation is 1. The summed E-state index contributed by atoms with van der Waals surface area (Å²) in [7, 11) is 0. The second kappa shape index (κ2) is 5.97. The highest BCUT2D eigenvalue weighted by atomic mass is 79.9. The summed E-state index contributed by atoms with van der Waals surface area (Å²) in [5.74, 6) is -1.63. The molecule has 0 fully saturated rings. The van der Waals surface area contributed by atoms with E-state index >= 15 is 0 Å². The van der Waals surface area contributed by atoms with E-state index in [1.165, 1.54) is 18.2 Å². The Labute approximate surface area is 123 Å². The predicted molar refractivity (Wildman–Crippen MR) is 75.8 cm³/mol. The quantitative estimate of drug-likeness (QED) is 0.877. The molecule has 0 radical (unpaired) electrons. The first-order chi connectivity index (χ1) is 9.38. The van der Waals surface area contributed by atoms with Crippen LogP contribution < -0.4 is 5.73 Å². The smallest absolute Gasteiger partial charge is 0.130 e. The Bertz CT molecular complexity index is 643. The molecule has 1 unspecified atom stereocenters. The number of nitrogens with two attached hydrogens (primary N) is 1. The third-order valence-corrected chi connectivity index (χ3v) is 3.87. The first kappa shape index (κ1) is 15.1. The van der Waals surface area contributed by atoms with Gasteiger partial charge in [-0.1, -0.05) is 22.0 Å². The molecule has 1 atom stereocenters.